The number of carboxylic acid groups (broad SMARTS) is 1. The van der Waals surface area contributed by atoms with Gasteiger partial charge in [-0.15, -0.1) is 0 Å². The van der Waals surface area contributed by atoms with Gasteiger partial charge in [0.25, 0.3) is 0 Å². The van der Waals surface area contributed by atoms with Crippen LogP contribution in [0.1, 0.15) is 16.2 Å². The molecule has 3 rings (SSSR count). The van der Waals surface area contributed by atoms with Crippen LogP contribution >= 0.6 is 0 Å². The quantitative estimate of drug-likeness (QED) is 0.794. The zero-order chi connectivity index (χ0) is 14.8. The molecule has 6 nitrogen and oxygen atoms in total. The molecule has 0 saturated carbocycles. The first kappa shape index (κ1) is 13.1. The Balaban J connectivity index is 1.87. The molecule has 0 aliphatic rings. The normalized spacial score (nSPS) is 10.7. The molecule has 0 radical (unpaired) electrons. The molecule has 2 heterocycles. The molecule has 0 unspecified atom stereocenters. The number of aromatic nitrogens is 3. The van der Waals surface area contributed by atoms with E-state index in [4.69, 9.17) is 9.84 Å². The van der Waals surface area contributed by atoms with E-state index in [1.807, 2.05) is 30.3 Å². The fourth-order valence-electron chi connectivity index (χ4n) is 2.08. The van der Waals surface area contributed by atoms with E-state index >= 15 is 0 Å². The van der Waals surface area contributed by atoms with E-state index < -0.39 is 5.97 Å². The van der Waals surface area contributed by atoms with E-state index in [0.29, 0.717) is 23.5 Å². The summed E-state index contributed by atoms with van der Waals surface area (Å²) in [4.78, 5) is 19.2. The van der Waals surface area contributed by atoms with Crippen LogP contribution in [-0.2, 0) is 13.7 Å². The second-order valence-electron chi connectivity index (χ2n) is 4.59. The van der Waals surface area contributed by atoms with Crippen LogP contribution in [0.15, 0.2) is 42.6 Å². The monoisotopic (exact) mass is 283 g/mol. The van der Waals surface area contributed by atoms with E-state index in [2.05, 4.69) is 9.97 Å². The van der Waals surface area contributed by atoms with Gasteiger partial charge in [0.15, 0.2) is 0 Å². The molecular formula is C15H13N3O3. The Morgan fingerprint density at radius 2 is 2.10 bits per heavy atom. The average molecular weight is 283 g/mol. The molecular weight excluding hydrogens is 270 g/mol. The maximum Gasteiger partial charge on any atom is 0.372 e. The number of nitrogens with zero attached hydrogens (tertiary/aromatic N) is 3. The Morgan fingerprint density at radius 1 is 1.33 bits per heavy atom. The highest BCUT2D eigenvalue weighted by Gasteiger charge is 2.14. The molecule has 0 amide bonds. The third kappa shape index (κ3) is 2.55. The number of aryl methyl sites for hydroxylation is 1. The van der Waals surface area contributed by atoms with E-state index in [1.54, 1.807) is 13.1 Å². The first-order valence-corrected chi connectivity index (χ1v) is 6.37. The number of hydrogen-bond acceptors (Lipinski definition) is 4. The lowest BCUT2D eigenvalue weighted by Crippen LogP contribution is -2.05. The molecule has 0 bridgehead atoms. The predicted molar refractivity (Wildman–Crippen MR) is 76.2 cm³/mol. The predicted octanol–water partition coefficient (Wildman–Crippen LogP) is 2.25. The molecule has 0 aliphatic carbocycles. The van der Waals surface area contributed by atoms with Crippen LogP contribution in [0, 0.1) is 0 Å². The molecule has 1 N–H and O–H groups in total. The van der Waals surface area contributed by atoms with Crippen LogP contribution in [0.4, 0.5) is 0 Å². The van der Waals surface area contributed by atoms with Crippen LogP contribution < -0.4 is 4.74 Å². The van der Waals surface area contributed by atoms with Crippen molar-refractivity contribution in [2.75, 3.05) is 0 Å². The van der Waals surface area contributed by atoms with Gasteiger partial charge in [0.05, 0.1) is 11.7 Å². The van der Waals surface area contributed by atoms with E-state index in [-0.39, 0.29) is 5.82 Å². The molecule has 6 heteroatoms. The number of benzene rings is 1. The highest BCUT2D eigenvalue weighted by atomic mass is 16.5. The SMILES string of the molecule is Cn1c(C(=O)O)nc2cnc(OCc3ccccc3)cc21. The van der Waals surface area contributed by atoms with E-state index in [9.17, 15) is 4.79 Å². The van der Waals surface area contributed by atoms with Gasteiger partial charge >= 0.3 is 5.97 Å². The second kappa shape index (κ2) is 5.24. The summed E-state index contributed by atoms with van der Waals surface area (Å²) in [5.74, 6) is -0.654. The summed E-state index contributed by atoms with van der Waals surface area (Å²) >= 11 is 0. The summed E-state index contributed by atoms with van der Waals surface area (Å²) < 4.78 is 7.13. The summed E-state index contributed by atoms with van der Waals surface area (Å²) in [6.07, 6.45) is 1.52. The average Bonchev–Trinajstić information content (AvgIpc) is 2.83. The second-order valence-corrected chi connectivity index (χ2v) is 4.59. The Kier molecular flexibility index (Phi) is 3.27. The molecule has 0 atom stereocenters. The van der Waals surface area contributed by atoms with Gasteiger partial charge in [-0.3, -0.25) is 0 Å². The van der Waals surface area contributed by atoms with Crippen molar-refractivity contribution in [3.05, 3.63) is 54.0 Å². The summed E-state index contributed by atoms with van der Waals surface area (Å²) in [6, 6.07) is 11.4. The first-order chi connectivity index (χ1) is 10.1. The van der Waals surface area contributed by atoms with Gasteiger partial charge in [-0.1, -0.05) is 30.3 Å². The number of hydrogen-bond donors (Lipinski definition) is 1. The Labute approximate surface area is 120 Å². The minimum Gasteiger partial charge on any atom is -0.475 e. The smallest absolute Gasteiger partial charge is 0.372 e. The van der Waals surface area contributed by atoms with Crippen LogP contribution in [-0.4, -0.2) is 25.6 Å². The molecule has 0 saturated heterocycles. The third-order valence-electron chi connectivity index (χ3n) is 3.16. The van der Waals surface area contributed by atoms with Crippen molar-refractivity contribution in [3.8, 4) is 5.88 Å². The number of carboxylic acids is 1. The minimum atomic E-state index is -1.07. The lowest BCUT2D eigenvalue weighted by atomic mass is 10.2. The Bertz CT molecular complexity index is 797. The molecule has 1 aromatic carbocycles. The summed E-state index contributed by atoms with van der Waals surface area (Å²) in [7, 11) is 1.65. The molecule has 21 heavy (non-hydrogen) atoms. The third-order valence-corrected chi connectivity index (χ3v) is 3.16. The van der Waals surface area contributed by atoms with Crippen LogP contribution in [0.25, 0.3) is 11.0 Å². The number of imidazole rings is 1. The van der Waals surface area contributed by atoms with Crippen LogP contribution in [0.5, 0.6) is 5.88 Å². The highest BCUT2D eigenvalue weighted by molar-refractivity contribution is 5.89. The maximum absolute atomic E-state index is 11.1. The number of carbonyl (C=O) groups is 1. The largest absolute Gasteiger partial charge is 0.475 e. The van der Waals surface area contributed by atoms with Crippen molar-refractivity contribution in [1.29, 1.82) is 0 Å². The van der Waals surface area contributed by atoms with Gasteiger partial charge in [0.1, 0.15) is 12.1 Å². The molecule has 3 aromatic rings. The first-order valence-electron chi connectivity index (χ1n) is 6.37. The van der Waals surface area contributed by atoms with Crippen molar-refractivity contribution in [3.63, 3.8) is 0 Å². The van der Waals surface area contributed by atoms with Crippen molar-refractivity contribution in [1.82, 2.24) is 14.5 Å². The zero-order valence-corrected chi connectivity index (χ0v) is 11.4. The Hall–Kier alpha value is -2.89. The summed E-state index contributed by atoms with van der Waals surface area (Å²) in [5, 5.41) is 9.05. The molecule has 2 aromatic heterocycles. The number of ether oxygens (including phenoxy) is 1. The minimum absolute atomic E-state index is 0.0213. The fraction of sp³-hybridized carbons (Fsp3) is 0.133. The molecule has 0 aliphatic heterocycles. The van der Waals surface area contributed by atoms with Crippen molar-refractivity contribution in [2.24, 2.45) is 7.05 Å². The number of fused-ring (bicyclic) bond motifs is 1. The zero-order valence-electron chi connectivity index (χ0n) is 11.4. The van der Waals surface area contributed by atoms with E-state index in [1.165, 1.54) is 10.8 Å². The van der Waals surface area contributed by atoms with Crippen molar-refractivity contribution >= 4 is 17.0 Å². The number of rotatable bonds is 4. The number of aromatic carboxylic acids is 1. The van der Waals surface area contributed by atoms with Gasteiger partial charge in [-0.05, 0) is 5.56 Å². The van der Waals surface area contributed by atoms with Crippen molar-refractivity contribution < 1.29 is 14.6 Å². The van der Waals surface area contributed by atoms with Crippen molar-refractivity contribution in [2.45, 2.75) is 6.61 Å². The molecule has 106 valence electrons. The van der Waals surface area contributed by atoms with Gasteiger partial charge in [0.2, 0.25) is 11.7 Å². The standard InChI is InChI=1S/C15H13N3O3/c1-18-12-7-13(21-9-10-5-3-2-4-6-10)16-8-11(12)17-14(18)15(19)20/h2-8H,9H2,1H3,(H,19,20). The topological polar surface area (TPSA) is 77.2 Å². The highest BCUT2D eigenvalue weighted by Crippen LogP contribution is 2.19. The number of pyridine rings is 1. The van der Waals surface area contributed by atoms with E-state index in [0.717, 1.165) is 5.56 Å². The van der Waals surface area contributed by atoms with Gasteiger partial charge < -0.3 is 14.4 Å². The lowest BCUT2D eigenvalue weighted by molar-refractivity contribution is 0.0680. The van der Waals surface area contributed by atoms with Gasteiger partial charge in [-0.25, -0.2) is 14.8 Å². The van der Waals surface area contributed by atoms with Crippen LogP contribution in [0.3, 0.4) is 0 Å². The van der Waals surface area contributed by atoms with Gasteiger partial charge in [-0.2, -0.15) is 0 Å². The summed E-state index contributed by atoms with van der Waals surface area (Å²) in [6.45, 7) is 0.406. The fourth-order valence-corrected chi connectivity index (χ4v) is 2.08. The lowest BCUT2D eigenvalue weighted by Gasteiger charge is -2.05. The summed E-state index contributed by atoms with van der Waals surface area (Å²) in [5.41, 5.74) is 2.24. The maximum atomic E-state index is 11.1. The Morgan fingerprint density at radius 3 is 2.81 bits per heavy atom. The molecule has 0 fully saturated rings. The van der Waals surface area contributed by atoms with Gasteiger partial charge in [0, 0.05) is 13.1 Å². The molecule has 0 spiro atoms. The van der Waals surface area contributed by atoms with Crippen LogP contribution in [0.2, 0.25) is 0 Å².